The second-order valence-corrected chi connectivity index (χ2v) is 9.17. The number of hydrogen-bond acceptors (Lipinski definition) is 4. The van der Waals surface area contributed by atoms with Crippen LogP contribution in [0.25, 0.3) is 16.6 Å². The molecule has 0 radical (unpaired) electrons. The summed E-state index contributed by atoms with van der Waals surface area (Å²) in [7, 11) is 3.44. The van der Waals surface area contributed by atoms with Crippen molar-refractivity contribution in [3.05, 3.63) is 98.3 Å². The summed E-state index contributed by atoms with van der Waals surface area (Å²) in [6.07, 6.45) is 0. The Labute approximate surface area is 199 Å². The first kappa shape index (κ1) is 22.4. The molecule has 4 rings (SSSR count). The zero-order chi connectivity index (χ0) is 22.8. The number of nitrogens with zero attached hydrogens (tertiary/aromatic N) is 3. The van der Waals surface area contributed by atoms with Gasteiger partial charge in [0.15, 0.2) is 5.16 Å². The highest BCUT2D eigenvalue weighted by Crippen LogP contribution is 2.26. The summed E-state index contributed by atoms with van der Waals surface area (Å²) in [6.45, 7) is 0. The number of halogens is 2. The number of thioether (sulfide) groups is 1. The maximum Gasteiger partial charge on any atom is 0.266 e. The van der Waals surface area contributed by atoms with Crippen LogP contribution in [0.15, 0.2) is 76.7 Å². The van der Waals surface area contributed by atoms with Gasteiger partial charge >= 0.3 is 0 Å². The third kappa shape index (κ3) is 4.67. The molecule has 0 saturated heterocycles. The molecule has 5 nitrogen and oxygen atoms in total. The van der Waals surface area contributed by atoms with E-state index < -0.39 is 0 Å². The van der Waals surface area contributed by atoms with Gasteiger partial charge in [0.2, 0.25) is 0 Å². The van der Waals surface area contributed by atoms with Crippen molar-refractivity contribution in [2.45, 2.75) is 10.9 Å². The van der Waals surface area contributed by atoms with Gasteiger partial charge in [-0.25, -0.2) is 4.98 Å². The molecule has 32 heavy (non-hydrogen) atoms. The normalized spacial score (nSPS) is 11.0. The molecule has 4 aromatic rings. The Hall–Kier alpha value is -2.80. The molecule has 0 N–H and O–H groups in total. The van der Waals surface area contributed by atoms with Gasteiger partial charge in [-0.1, -0.05) is 47.1 Å². The van der Waals surface area contributed by atoms with E-state index in [-0.39, 0.29) is 11.5 Å². The number of fused-ring (bicyclic) bond motifs is 1. The van der Waals surface area contributed by atoms with Gasteiger partial charge in [-0.2, -0.15) is 0 Å². The lowest BCUT2D eigenvalue weighted by molar-refractivity contribution is 0.0827. The second-order valence-electron chi connectivity index (χ2n) is 7.36. The first-order chi connectivity index (χ1) is 15.3. The van der Waals surface area contributed by atoms with E-state index in [1.54, 1.807) is 78.2 Å². The predicted molar refractivity (Wildman–Crippen MR) is 131 cm³/mol. The Morgan fingerprint density at radius 3 is 2.28 bits per heavy atom. The summed E-state index contributed by atoms with van der Waals surface area (Å²) >= 11 is 13.6. The van der Waals surface area contributed by atoms with Crippen molar-refractivity contribution < 1.29 is 4.79 Å². The Morgan fingerprint density at radius 1 is 0.969 bits per heavy atom. The minimum absolute atomic E-state index is 0.0474. The maximum atomic E-state index is 13.3. The lowest BCUT2D eigenvalue weighted by Crippen LogP contribution is -2.22. The van der Waals surface area contributed by atoms with Crippen LogP contribution < -0.4 is 5.56 Å². The Bertz CT molecular complexity index is 1350. The SMILES string of the molecule is CN(C)C(=O)c1ccc(CSc2nc3cc(Cl)ccc3c(=O)n2-c2ccc(Cl)cc2)cc1. The Kier molecular flexibility index (Phi) is 6.55. The van der Waals surface area contributed by atoms with Gasteiger partial charge in [0.25, 0.3) is 11.5 Å². The summed E-state index contributed by atoms with van der Waals surface area (Å²) < 4.78 is 1.58. The van der Waals surface area contributed by atoms with E-state index in [4.69, 9.17) is 28.2 Å². The van der Waals surface area contributed by atoms with Crippen LogP contribution in [0.1, 0.15) is 15.9 Å². The molecule has 1 heterocycles. The van der Waals surface area contributed by atoms with Gasteiger partial charge in [-0.3, -0.25) is 14.2 Å². The molecule has 0 spiro atoms. The second kappa shape index (κ2) is 9.36. The number of benzene rings is 3. The number of carbonyl (C=O) groups is 1. The average molecular weight is 484 g/mol. The summed E-state index contributed by atoms with van der Waals surface area (Å²) in [5, 5.41) is 2.13. The van der Waals surface area contributed by atoms with Crippen LogP contribution in [-0.2, 0) is 5.75 Å². The van der Waals surface area contributed by atoms with Gasteiger partial charge in [0, 0.05) is 35.5 Å². The van der Waals surface area contributed by atoms with Crippen molar-refractivity contribution in [2.24, 2.45) is 0 Å². The van der Waals surface area contributed by atoms with Crippen LogP contribution in [0, 0.1) is 0 Å². The third-order valence-electron chi connectivity index (χ3n) is 4.86. The average Bonchev–Trinajstić information content (AvgIpc) is 2.78. The van der Waals surface area contributed by atoms with Gasteiger partial charge < -0.3 is 4.90 Å². The fourth-order valence-corrected chi connectivity index (χ4v) is 4.46. The van der Waals surface area contributed by atoms with Crippen molar-refractivity contribution in [1.82, 2.24) is 14.5 Å². The standard InChI is InChI=1S/C24H19Cl2N3O2S/c1-28(2)22(30)16-5-3-15(4-6-16)14-32-24-27-21-13-18(26)9-12-20(21)23(31)29(24)19-10-7-17(25)8-11-19/h3-13H,14H2,1-2H3. The first-order valence-corrected chi connectivity index (χ1v) is 11.5. The lowest BCUT2D eigenvalue weighted by Gasteiger charge is -2.14. The highest BCUT2D eigenvalue weighted by Gasteiger charge is 2.14. The molecule has 0 aliphatic heterocycles. The topological polar surface area (TPSA) is 55.2 Å². The summed E-state index contributed by atoms with van der Waals surface area (Å²) in [6, 6.07) is 19.6. The molecule has 8 heteroatoms. The molecule has 0 aliphatic rings. The van der Waals surface area contributed by atoms with Gasteiger partial charge in [0.1, 0.15) is 0 Å². The van der Waals surface area contributed by atoms with Gasteiger partial charge in [-0.05, 0) is 60.2 Å². The predicted octanol–water partition coefficient (Wildman–Crippen LogP) is 5.69. The van der Waals surface area contributed by atoms with E-state index >= 15 is 0 Å². The molecule has 0 atom stereocenters. The molecule has 162 valence electrons. The zero-order valence-electron chi connectivity index (χ0n) is 17.4. The molecule has 0 unspecified atom stereocenters. The van der Waals surface area contributed by atoms with E-state index in [1.807, 2.05) is 12.1 Å². The van der Waals surface area contributed by atoms with Crippen LogP contribution in [0.2, 0.25) is 10.0 Å². The minimum atomic E-state index is -0.177. The van der Waals surface area contributed by atoms with Crippen LogP contribution in [0.5, 0.6) is 0 Å². The highest BCUT2D eigenvalue weighted by molar-refractivity contribution is 7.98. The molecule has 3 aromatic carbocycles. The first-order valence-electron chi connectivity index (χ1n) is 9.75. The number of amides is 1. The fraction of sp³-hybridized carbons (Fsp3) is 0.125. The lowest BCUT2D eigenvalue weighted by atomic mass is 10.1. The molecular weight excluding hydrogens is 465 g/mol. The Morgan fingerprint density at radius 2 is 1.62 bits per heavy atom. The maximum absolute atomic E-state index is 13.3. The van der Waals surface area contributed by atoms with Crippen molar-refractivity contribution >= 4 is 51.8 Å². The molecule has 0 bridgehead atoms. The third-order valence-corrected chi connectivity index (χ3v) is 6.36. The van der Waals surface area contributed by atoms with Gasteiger partial charge in [-0.15, -0.1) is 0 Å². The fourth-order valence-electron chi connectivity index (χ4n) is 3.20. The van der Waals surface area contributed by atoms with Crippen molar-refractivity contribution in [1.29, 1.82) is 0 Å². The Balaban J connectivity index is 1.72. The minimum Gasteiger partial charge on any atom is -0.345 e. The van der Waals surface area contributed by atoms with Crippen molar-refractivity contribution in [2.75, 3.05) is 14.1 Å². The molecular formula is C24H19Cl2N3O2S. The number of rotatable bonds is 5. The number of aromatic nitrogens is 2. The molecule has 1 aromatic heterocycles. The van der Waals surface area contributed by atoms with Crippen LogP contribution in [0.4, 0.5) is 0 Å². The molecule has 1 amide bonds. The summed E-state index contributed by atoms with van der Waals surface area (Å²) in [5.74, 6) is 0.525. The van der Waals surface area contributed by atoms with E-state index in [9.17, 15) is 9.59 Å². The van der Waals surface area contributed by atoms with E-state index in [0.717, 1.165) is 5.56 Å². The zero-order valence-corrected chi connectivity index (χ0v) is 19.7. The van der Waals surface area contributed by atoms with Crippen LogP contribution in [0.3, 0.4) is 0 Å². The van der Waals surface area contributed by atoms with Crippen LogP contribution in [-0.4, -0.2) is 34.5 Å². The molecule has 0 fully saturated rings. The van der Waals surface area contributed by atoms with Crippen LogP contribution >= 0.6 is 35.0 Å². The van der Waals surface area contributed by atoms with Crippen molar-refractivity contribution in [3.8, 4) is 5.69 Å². The van der Waals surface area contributed by atoms with E-state index in [1.165, 1.54) is 11.8 Å². The number of carbonyl (C=O) groups excluding carboxylic acids is 1. The van der Waals surface area contributed by atoms with Gasteiger partial charge in [0.05, 0.1) is 16.6 Å². The summed E-state index contributed by atoms with van der Waals surface area (Å²) in [4.78, 5) is 31.7. The van der Waals surface area contributed by atoms with Crippen molar-refractivity contribution in [3.63, 3.8) is 0 Å². The van der Waals surface area contributed by atoms with E-state index in [2.05, 4.69) is 0 Å². The monoisotopic (exact) mass is 483 g/mol. The van der Waals surface area contributed by atoms with E-state index in [0.29, 0.717) is 43.1 Å². The molecule has 0 saturated carbocycles. The number of hydrogen-bond donors (Lipinski definition) is 0. The molecule has 0 aliphatic carbocycles. The highest BCUT2D eigenvalue weighted by atomic mass is 35.5. The summed E-state index contributed by atoms with van der Waals surface area (Å²) in [5.41, 5.74) is 2.68. The largest absolute Gasteiger partial charge is 0.345 e. The smallest absolute Gasteiger partial charge is 0.266 e. The quantitative estimate of drug-likeness (QED) is 0.270.